The molecule has 2 aliphatic rings. The third-order valence-corrected chi connectivity index (χ3v) is 6.51. The highest BCUT2D eigenvalue weighted by atomic mass is 19.1. The first-order valence-electron chi connectivity index (χ1n) is 11.9. The van der Waals surface area contributed by atoms with Crippen molar-refractivity contribution >= 4 is 10.9 Å². The van der Waals surface area contributed by atoms with Gasteiger partial charge < -0.3 is 19.2 Å². The van der Waals surface area contributed by atoms with E-state index in [4.69, 9.17) is 14.2 Å². The Balaban J connectivity index is 1.26. The highest BCUT2D eigenvalue weighted by Gasteiger charge is 2.23. The Morgan fingerprint density at radius 3 is 2.75 bits per heavy atom. The van der Waals surface area contributed by atoms with E-state index in [-0.39, 0.29) is 24.3 Å². The summed E-state index contributed by atoms with van der Waals surface area (Å²) in [5, 5.41) is 13.1. The van der Waals surface area contributed by atoms with Gasteiger partial charge >= 0.3 is 0 Å². The summed E-state index contributed by atoms with van der Waals surface area (Å²) >= 11 is 0. The summed E-state index contributed by atoms with van der Waals surface area (Å²) in [6.45, 7) is 2.78. The van der Waals surface area contributed by atoms with Crippen LogP contribution < -0.4 is 15.0 Å². The molecule has 1 N–H and O–H groups in total. The van der Waals surface area contributed by atoms with E-state index in [1.165, 1.54) is 12.1 Å². The standard InChI is InChI=1S/C25H25FN6O4/c26-19-5-3-16(4-6-19)11-32-24(28-29-30-32)14-31(13-20-2-1-7-34-20)12-18-8-17-9-22-23(36-15-35-22)10-21(17)27-25(18)33/h3-6,8-10,20H,1-2,7,11-15H2,(H,27,33)/t20-/m1/s1. The zero-order chi connectivity index (χ0) is 24.5. The minimum Gasteiger partial charge on any atom is -0.454 e. The van der Waals surface area contributed by atoms with Gasteiger partial charge in [0.15, 0.2) is 17.3 Å². The van der Waals surface area contributed by atoms with Gasteiger partial charge in [0.2, 0.25) is 6.79 Å². The van der Waals surface area contributed by atoms with Crippen LogP contribution in [0.4, 0.5) is 4.39 Å². The number of benzene rings is 2. The molecule has 0 radical (unpaired) electrons. The largest absolute Gasteiger partial charge is 0.454 e. The van der Waals surface area contributed by atoms with Gasteiger partial charge in [-0.15, -0.1) is 5.10 Å². The van der Waals surface area contributed by atoms with E-state index in [2.05, 4.69) is 25.4 Å². The van der Waals surface area contributed by atoms with E-state index in [0.717, 1.165) is 30.4 Å². The van der Waals surface area contributed by atoms with Gasteiger partial charge in [0, 0.05) is 36.7 Å². The quantitative estimate of drug-likeness (QED) is 0.400. The predicted molar refractivity (Wildman–Crippen MR) is 127 cm³/mol. The number of rotatable bonds is 8. The molecule has 0 bridgehead atoms. The normalized spacial score (nSPS) is 16.9. The van der Waals surface area contributed by atoms with Gasteiger partial charge in [0.1, 0.15) is 5.82 Å². The number of pyridine rings is 1. The van der Waals surface area contributed by atoms with Crippen LogP contribution in [0.15, 0.2) is 47.3 Å². The Bertz CT molecular complexity index is 1430. The van der Waals surface area contributed by atoms with Gasteiger partial charge in [-0.05, 0) is 53.1 Å². The molecule has 2 aromatic heterocycles. The molecule has 0 unspecified atom stereocenters. The average molecular weight is 493 g/mol. The summed E-state index contributed by atoms with van der Waals surface area (Å²) in [6.07, 6.45) is 2.07. The molecule has 1 atom stereocenters. The number of aromatic nitrogens is 5. The summed E-state index contributed by atoms with van der Waals surface area (Å²) < 4.78 is 31.8. The number of nitrogens with one attached hydrogen (secondary N) is 1. The smallest absolute Gasteiger partial charge is 0.252 e. The molecule has 4 aromatic rings. The molecule has 10 nitrogen and oxygen atoms in total. The Kier molecular flexibility index (Phi) is 6.08. The van der Waals surface area contributed by atoms with Crippen molar-refractivity contribution in [3.8, 4) is 11.5 Å². The van der Waals surface area contributed by atoms with Gasteiger partial charge in [0.05, 0.1) is 24.7 Å². The zero-order valence-electron chi connectivity index (χ0n) is 19.5. The van der Waals surface area contributed by atoms with E-state index in [0.29, 0.717) is 54.6 Å². The van der Waals surface area contributed by atoms with Gasteiger partial charge in [-0.3, -0.25) is 9.69 Å². The van der Waals surface area contributed by atoms with Gasteiger partial charge in [-0.1, -0.05) is 12.1 Å². The average Bonchev–Trinajstić information content (AvgIpc) is 3.63. The fraction of sp³-hybridized carbons (Fsp3) is 0.360. The fourth-order valence-corrected chi connectivity index (χ4v) is 4.68. The van der Waals surface area contributed by atoms with Crippen LogP contribution in [0.25, 0.3) is 10.9 Å². The first-order chi connectivity index (χ1) is 17.6. The summed E-state index contributed by atoms with van der Waals surface area (Å²) in [7, 11) is 0. The van der Waals surface area contributed by atoms with E-state index in [9.17, 15) is 9.18 Å². The molecule has 2 aliphatic heterocycles. The maximum absolute atomic E-state index is 13.3. The number of H-pyrrole nitrogens is 1. The number of aromatic amines is 1. The second-order valence-electron chi connectivity index (χ2n) is 9.10. The number of nitrogens with zero attached hydrogens (tertiary/aromatic N) is 5. The molecular weight excluding hydrogens is 467 g/mol. The minimum absolute atomic E-state index is 0.0831. The van der Waals surface area contributed by atoms with E-state index in [1.807, 2.05) is 12.1 Å². The highest BCUT2D eigenvalue weighted by Crippen LogP contribution is 2.35. The third kappa shape index (κ3) is 4.79. The van der Waals surface area contributed by atoms with Crippen molar-refractivity contribution < 1.29 is 18.6 Å². The first kappa shape index (κ1) is 22.6. The molecule has 1 fully saturated rings. The SMILES string of the molecule is O=c1[nH]c2cc3c(cc2cc1CN(Cc1nnnn1Cc1ccc(F)cc1)C[C@H]1CCCO1)OCO3. The van der Waals surface area contributed by atoms with Crippen LogP contribution in [0, 0.1) is 5.82 Å². The van der Waals surface area contributed by atoms with E-state index in [1.54, 1.807) is 22.9 Å². The number of fused-ring (bicyclic) bond motifs is 2. The van der Waals surface area contributed by atoms with Crippen molar-refractivity contribution in [3.05, 3.63) is 75.6 Å². The van der Waals surface area contributed by atoms with Crippen LogP contribution >= 0.6 is 0 Å². The lowest BCUT2D eigenvalue weighted by atomic mass is 10.1. The zero-order valence-corrected chi connectivity index (χ0v) is 19.5. The maximum atomic E-state index is 13.3. The molecular formula is C25H25FN6O4. The second kappa shape index (κ2) is 9.67. The molecule has 2 aromatic carbocycles. The first-order valence-corrected chi connectivity index (χ1v) is 11.9. The van der Waals surface area contributed by atoms with Crippen LogP contribution in [0.1, 0.15) is 29.8 Å². The van der Waals surface area contributed by atoms with Crippen LogP contribution in [-0.4, -0.2) is 56.1 Å². The van der Waals surface area contributed by atoms with Crippen LogP contribution in [0.2, 0.25) is 0 Å². The molecule has 0 spiro atoms. The molecule has 1 saturated heterocycles. The lowest BCUT2D eigenvalue weighted by molar-refractivity contribution is 0.0663. The lowest BCUT2D eigenvalue weighted by Crippen LogP contribution is -2.34. The lowest BCUT2D eigenvalue weighted by Gasteiger charge is -2.24. The fourth-order valence-electron chi connectivity index (χ4n) is 4.68. The van der Waals surface area contributed by atoms with Crippen LogP contribution in [0.5, 0.6) is 11.5 Å². The Hall–Kier alpha value is -3.83. The highest BCUT2D eigenvalue weighted by molar-refractivity contribution is 5.83. The van der Waals surface area contributed by atoms with Crippen LogP contribution in [0.3, 0.4) is 0 Å². The number of hydrogen-bond acceptors (Lipinski definition) is 8. The number of tetrazole rings is 1. The topological polar surface area (TPSA) is 107 Å². The predicted octanol–water partition coefficient (Wildman–Crippen LogP) is 2.61. The van der Waals surface area contributed by atoms with Gasteiger partial charge in [0.25, 0.3) is 5.56 Å². The Morgan fingerprint density at radius 1 is 1.11 bits per heavy atom. The van der Waals surface area contributed by atoms with E-state index < -0.39 is 0 Å². The molecule has 11 heteroatoms. The number of halogens is 1. The molecule has 186 valence electrons. The van der Waals surface area contributed by atoms with Crippen molar-refractivity contribution in [2.24, 2.45) is 0 Å². The monoisotopic (exact) mass is 492 g/mol. The van der Waals surface area contributed by atoms with Crippen molar-refractivity contribution in [1.29, 1.82) is 0 Å². The van der Waals surface area contributed by atoms with E-state index >= 15 is 0 Å². The molecule has 0 saturated carbocycles. The summed E-state index contributed by atoms with van der Waals surface area (Å²) in [5.41, 5.74) is 2.05. The molecule has 0 aliphatic carbocycles. The summed E-state index contributed by atoms with van der Waals surface area (Å²) in [5.74, 6) is 1.65. The molecule has 0 amide bonds. The van der Waals surface area contributed by atoms with Gasteiger partial charge in [-0.25, -0.2) is 9.07 Å². The Labute approximate surface area is 205 Å². The third-order valence-electron chi connectivity index (χ3n) is 6.51. The number of ether oxygens (including phenoxy) is 3. The number of hydrogen-bond donors (Lipinski definition) is 1. The maximum Gasteiger partial charge on any atom is 0.252 e. The van der Waals surface area contributed by atoms with Crippen molar-refractivity contribution in [2.75, 3.05) is 19.9 Å². The minimum atomic E-state index is -0.289. The van der Waals surface area contributed by atoms with Gasteiger partial charge in [-0.2, -0.15) is 0 Å². The Morgan fingerprint density at radius 2 is 1.94 bits per heavy atom. The molecule has 36 heavy (non-hydrogen) atoms. The molecule has 4 heterocycles. The summed E-state index contributed by atoms with van der Waals surface area (Å²) in [6, 6.07) is 11.8. The van der Waals surface area contributed by atoms with Crippen LogP contribution in [-0.2, 0) is 24.4 Å². The van der Waals surface area contributed by atoms with Crippen molar-refractivity contribution in [2.45, 2.75) is 38.6 Å². The molecule has 6 rings (SSSR count). The van der Waals surface area contributed by atoms with Crippen molar-refractivity contribution in [1.82, 2.24) is 30.1 Å². The van der Waals surface area contributed by atoms with Crippen molar-refractivity contribution in [3.63, 3.8) is 0 Å². The second-order valence-corrected chi connectivity index (χ2v) is 9.10. The summed E-state index contributed by atoms with van der Waals surface area (Å²) in [4.78, 5) is 18.1.